The molecular weight excluding hydrogens is 543 g/mol. The third-order valence-corrected chi connectivity index (χ3v) is 8.31. The summed E-state index contributed by atoms with van der Waals surface area (Å²) >= 11 is 12.6. The number of aliphatic imine (C=N–C) groups is 1. The summed E-state index contributed by atoms with van der Waals surface area (Å²) in [5, 5.41) is 18.4. The summed E-state index contributed by atoms with van der Waals surface area (Å²) in [6.07, 6.45) is 4.96. The molecule has 39 heavy (non-hydrogen) atoms. The number of hydrogen-bond acceptors (Lipinski definition) is 6. The average Bonchev–Trinajstić information content (AvgIpc) is 3.32. The van der Waals surface area contributed by atoms with E-state index in [-0.39, 0.29) is 42.9 Å². The Balaban J connectivity index is 1.39. The molecule has 0 bridgehead atoms. The summed E-state index contributed by atoms with van der Waals surface area (Å²) in [5.41, 5.74) is 12.5. The molecule has 1 unspecified atom stereocenters. The number of carbonyl (C=O) groups is 2. The molecule has 1 saturated carbocycles. The van der Waals surface area contributed by atoms with Crippen molar-refractivity contribution in [3.05, 3.63) is 34.3 Å². The van der Waals surface area contributed by atoms with Crippen molar-refractivity contribution in [3.63, 3.8) is 0 Å². The van der Waals surface area contributed by atoms with Crippen LogP contribution in [0.2, 0.25) is 10.0 Å². The van der Waals surface area contributed by atoms with Crippen LogP contribution in [-0.2, 0) is 16.6 Å². The highest BCUT2D eigenvalue weighted by Crippen LogP contribution is 2.35. The first-order valence-corrected chi connectivity index (χ1v) is 13.9. The topological polar surface area (TPSA) is 155 Å². The maximum absolute atomic E-state index is 13.0. The molecule has 2 atom stereocenters. The molecule has 0 spiro atoms. The van der Waals surface area contributed by atoms with Gasteiger partial charge in [-0.3, -0.25) is 14.3 Å². The highest BCUT2D eigenvalue weighted by Gasteiger charge is 2.33. The van der Waals surface area contributed by atoms with Gasteiger partial charge in [-0.1, -0.05) is 54.6 Å². The Hall–Kier alpha value is -3.02. The molecule has 6 N–H and O–H groups in total. The number of aliphatic hydroxyl groups excluding tert-OH is 1. The van der Waals surface area contributed by atoms with E-state index >= 15 is 0 Å². The number of anilines is 1. The Labute approximate surface area is 238 Å². The lowest BCUT2D eigenvalue weighted by Gasteiger charge is -2.41. The fraction of sp³-hybridized carbons (Fsp3) is 0.538. The zero-order chi connectivity index (χ0) is 28.1. The molecule has 2 heterocycles. The van der Waals surface area contributed by atoms with Crippen LogP contribution in [0.3, 0.4) is 0 Å². The Morgan fingerprint density at radius 1 is 1.21 bits per heavy atom. The summed E-state index contributed by atoms with van der Waals surface area (Å²) < 4.78 is 1.72. The van der Waals surface area contributed by atoms with Crippen LogP contribution in [0.1, 0.15) is 32.1 Å². The molecule has 212 valence electrons. The SMILES string of the molecule is Cn1nc(-c2cccc(Cl)c2Cl)cc1N1CCN(C(=O)CNC(=O)[C@H](N=C(N)N)C2CCCCC2)CC1CO. The number of nitrogens with one attached hydrogen (secondary N) is 1. The van der Waals surface area contributed by atoms with Crippen molar-refractivity contribution in [2.24, 2.45) is 29.4 Å². The van der Waals surface area contributed by atoms with E-state index in [1.807, 2.05) is 30.1 Å². The zero-order valence-corrected chi connectivity index (χ0v) is 23.5. The quantitative estimate of drug-likeness (QED) is 0.274. The molecule has 4 rings (SSSR count). The lowest BCUT2D eigenvalue weighted by molar-refractivity contribution is -0.134. The van der Waals surface area contributed by atoms with Crippen LogP contribution in [0.5, 0.6) is 0 Å². The summed E-state index contributed by atoms with van der Waals surface area (Å²) in [5.74, 6) is 0.134. The number of aromatic nitrogens is 2. The molecule has 2 aliphatic rings. The lowest BCUT2D eigenvalue weighted by Crippen LogP contribution is -2.58. The number of nitrogens with two attached hydrogens (primary N) is 2. The minimum absolute atomic E-state index is 0.0591. The second-order valence-electron chi connectivity index (χ2n) is 10.1. The smallest absolute Gasteiger partial charge is 0.245 e. The van der Waals surface area contributed by atoms with E-state index in [1.165, 1.54) is 0 Å². The van der Waals surface area contributed by atoms with Crippen molar-refractivity contribution in [3.8, 4) is 11.3 Å². The Morgan fingerprint density at radius 2 is 1.95 bits per heavy atom. The third kappa shape index (κ3) is 6.77. The van der Waals surface area contributed by atoms with Gasteiger partial charge in [0.2, 0.25) is 11.8 Å². The van der Waals surface area contributed by atoms with Crippen LogP contribution >= 0.6 is 23.2 Å². The van der Waals surface area contributed by atoms with E-state index in [4.69, 9.17) is 34.7 Å². The fourth-order valence-electron chi connectivity index (χ4n) is 5.47. The van der Waals surface area contributed by atoms with Crippen molar-refractivity contribution in [1.82, 2.24) is 20.0 Å². The largest absolute Gasteiger partial charge is 0.394 e. The minimum Gasteiger partial charge on any atom is -0.394 e. The molecule has 1 aromatic heterocycles. The van der Waals surface area contributed by atoms with E-state index in [0.717, 1.165) is 37.9 Å². The molecule has 1 aromatic carbocycles. The first-order chi connectivity index (χ1) is 18.7. The number of guanidine groups is 1. The second-order valence-corrected chi connectivity index (χ2v) is 10.9. The fourth-order valence-corrected chi connectivity index (χ4v) is 5.86. The van der Waals surface area contributed by atoms with Gasteiger partial charge in [0.25, 0.3) is 0 Å². The maximum atomic E-state index is 13.0. The Kier molecular flexibility index (Phi) is 9.58. The number of carbonyl (C=O) groups excluding carboxylic acids is 2. The highest BCUT2D eigenvalue weighted by molar-refractivity contribution is 6.43. The molecule has 13 heteroatoms. The predicted octanol–water partition coefficient (Wildman–Crippen LogP) is 1.74. The van der Waals surface area contributed by atoms with Gasteiger partial charge in [0.1, 0.15) is 11.9 Å². The van der Waals surface area contributed by atoms with Crippen molar-refractivity contribution in [2.75, 3.05) is 37.7 Å². The number of aliphatic hydroxyl groups is 1. The number of aryl methyl sites for hydroxylation is 1. The summed E-state index contributed by atoms with van der Waals surface area (Å²) in [6.45, 7) is 0.866. The van der Waals surface area contributed by atoms with Crippen LogP contribution < -0.4 is 21.7 Å². The van der Waals surface area contributed by atoms with E-state index in [0.29, 0.717) is 40.9 Å². The van der Waals surface area contributed by atoms with Crippen molar-refractivity contribution in [2.45, 2.75) is 44.2 Å². The van der Waals surface area contributed by atoms with E-state index in [1.54, 1.807) is 15.6 Å². The number of piperazine rings is 1. The van der Waals surface area contributed by atoms with E-state index < -0.39 is 6.04 Å². The second kappa shape index (κ2) is 12.9. The number of hydrogen-bond donors (Lipinski definition) is 4. The maximum Gasteiger partial charge on any atom is 0.245 e. The van der Waals surface area contributed by atoms with Gasteiger partial charge in [-0.25, -0.2) is 4.99 Å². The van der Waals surface area contributed by atoms with Crippen LogP contribution in [0.25, 0.3) is 11.3 Å². The molecule has 2 aromatic rings. The normalized spacial score (nSPS) is 19.0. The third-order valence-electron chi connectivity index (χ3n) is 7.49. The lowest BCUT2D eigenvalue weighted by atomic mass is 9.83. The van der Waals surface area contributed by atoms with Gasteiger partial charge >= 0.3 is 0 Å². The van der Waals surface area contributed by atoms with Gasteiger partial charge in [-0.2, -0.15) is 5.10 Å². The van der Waals surface area contributed by atoms with Crippen LogP contribution in [0.4, 0.5) is 5.82 Å². The van der Waals surface area contributed by atoms with E-state index in [9.17, 15) is 14.7 Å². The molecular formula is C26H36Cl2N8O3. The number of nitrogens with zero attached hydrogens (tertiary/aromatic N) is 5. The first kappa shape index (κ1) is 29.0. The van der Waals surface area contributed by atoms with Crippen molar-refractivity contribution in [1.29, 1.82) is 0 Å². The predicted molar refractivity (Wildman–Crippen MR) is 153 cm³/mol. The van der Waals surface area contributed by atoms with Crippen LogP contribution in [-0.4, -0.2) is 82.4 Å². The Morgan fingerprint density at radius 3 is 2.64 bits per heavy atom. The first-order valence-electron chi connectivity index (χ1n) is 13.2. The van der Waals surface area contributed by atoms with Gasteiger partial charge in [-0.15, -0.1) is 0 Å². The van der Waals surface area contributed by atoms with E-state index in [2.05, 4.69) is 15.4 Å². The molecule has 2 amide bonds. The van der Waals surface area contributed by atoms with Gasteiger partial charge < -0.3 is 31.7 Å². The molecule has 1 aliphatic carbocycles. The Bertz CT molecular complexity index is 1210. The molecule has 0 radical (unpaired) electrons. The van der Waals surface area contributed by atoms with Crippen LogP contribution in [0, 0.1) is 5.92 Å². The molecule has 1 aliphatic heterocycles. The zero-order valence-electron chi connectivity index (χ0n) is 22.0. The summed E-state index contributed by atoms with van der Waals surface area (Å²) in [4.78, 5) is 33.8. The monoisotopic (exact) mass is 578 g/mol. The average molecular weight is 580 g/mol. The molecule has 11 nitrogen and oxygen atoms in total. The highest BCUT2D eigenvalue weighted by atomic mass is 35.5. The molecule has 2 fully saturated rings. The number of benzene rings is 1. The van der Waals surface area contributed by atoms with Crippen molar-refractivity contribution < 1.29 is 14.7 Å². The number of rotatable bonds is 8. The molecule has 1 saturated heterocycles. The minimum atomic E-state index is -0.697. The van der Waals surface area contributed by atoms with Gasteiger partial charge in [0.15, 0.2) is 5.96 Å². The van der Waals surface area contributed by atoms with Gasteiger partial charge in [0, 0.05) is 38.3 Å². The van der Waals surface area contributed by atoms with Gasteiger partial charge in [0.05, 0.1) is 34.9 Å². The standard InChI is InChI=1S/C26H36Cl2N8O3/c1-34-21(12-20(33-34)18-8-5-9-19(27)23(18)28)36-11-10-35(14-17(36)15-37)22(38)13-31-25(39)24(32-26(29)30)16-6-3-2-4-7-16/h5,8-9,12,16-17,24,37H,2-4,6-7,10-11,13-15H2,1H3,(H,31,39)(H4,29,30,32)/t17?,24-/m1/s1. The number of halogens is 2. The summed E-state index contributed by atoms with van der Waals surface area (Å²) in [6, 6.07) is 6.22. The van der Waals surface area contributed by atoms with Crippen LogP contribution in [0.15, 0.2) is 29.3 Å². The van der Waals surface area contributed by atoms with Crippen molar-refractivity contribution >= 4 is 46.8 Å². The van der Waals surface area contributed by atoms with Gasteiger partial charge in [-0.05, 0) is 24.8 Å². The summed E-state index contributed by atoms with van der Waals surface area (Å²) in [7, 11) is 1.82. The number of amides is 2.